The molecule has 0 amide bonds. The lowest BCUT2D eigenvalue weighted by atomic mass is 9.99. The van der Waals surface area contributed by atoms with Gasteiger partial charge in [-0.05, 0) is 20.8 Å². The van der Waals surface area contributed by atoms with E-state index in [1.54, 1.807) is 21.0 Å². The Hall–Kier alpha value is -1.14. The number of nitrogens with one attached hydrogen (secondary N) is 1. The van der Waals surface area contributed by atoms with Crippen LogP contribution in [0.5, 0.6) is 0 Å². The molecule has 0 aromatic carbocycles. The van der Waals surface area contributed by atoms with E-state index >= 15 is 0 Å². The summed E-state index contributed by atoms with van der Waals surface area (Å²) in [5, 5.41) is 3.14. The molecule has 0 unspecified atom stereocenters. The molecule has 112 valence electrons. The van der Waals surface area contributed by atoms with Crippen molar-refractivity contribution in [2.45, 2.75) is 45.3 Å². The maximum atomic E-state index is 11.4. The molecule has 0 rings (SSSR count). The molecule has 6 nitrogen and oxygen atoms in total. The monoisotopic (exact) mass is 275 g/mol. The lowest BCUT2D eigenvalue weighted by molar-refractivity contribution is -0.147. The Labute approximate surface area is 114 Å². The SMILES string of the molecule is COC[C@](C)(CC(=O)OC)NCCC(=O)OC(C)C. The minimum absolute atomic E-state index is 0.118. The van der Waals surface area contributed by atoms with Crippen LogP contribution in [-0.4, -0.2) is 51.0 Å². The third-order valence-corrected chi connectivity index (χ3v) is 2.47. The van der Waals surface area contributed by atoms with Gasteiger partial charge in [-0.15, -0.1) is 0 Å². The fourth-order valence-electron chi connectivity index (χ4n) is 1.66. The average Bonchev–Trinajstić information content (AvgIpc) is 2.27. The second-order valence-corrected chi connectivity index (χ2v) is 4.96. The summed E-state index contributed by atoms with van der Waals surface area (Å²) in [4.78, 5) is 22.7. The fourth-order valence-corrected chi connectivity index (χ4v) is 1.66. The molecule has 19 heavy (non-hydrogen) atoms. The summed E-state index contributed by atoms with van der Waals surface area (Å²) in [5.41, 5.74) is -0.556. The summed E-state index contributed by atoms with van der Waals surface area (Å²) in [6.45, 7) is 6.22. The van der Waals surface area contributed by atoms with E-state index in [2.05, 4.69) is 10.1 Å². The highest BCUT2D eigenvalue weighted by molar-refractivity contribution is 5.71. The van der Waals surface area contributed by atoms with Gasteiger partial charge in [-0.25, -0.2) is 0 Å². The summed E-state index contributed by atoms with van der Waals surface area (Å²) in [6, 6.07) is 0. The molecular formula is C13H25NO5. The van der Waals surface area contributed by atoms with Crippen molar-refractivity contribution >= 4 is 11.9 Å². The standard InChI is InChI=1S/C13H25NO5/c1-10(2)19-11(15)6-7-14-13(3,9-17-4)8-12(16)18-5/h10,14H,6-9H2,1-5H3/t13-/m0/s1. The van der Waals surface area contributed by atoms with Crippen LogP contribution in [0.3, 0.4) is 0 Å². The zero-order chi connectivity index (χ0) is 14.9. The molecule has 1 atom stereocenters. The zero-order valence-corrected chi connectivity index (χ0v) is 12.4. The van der Waals surface area contributed by atoms with Crippen LogP contribution < -0.4 is 5.32 Å². The minimum Gasteiger partial charge on any atom is -0.469 e. The Bertz CT molecular complexity index is 293. The van der Waals surface area contributed by atoms with Gasteiger partial charge >= 0.3 is 11.9 Å². The number of ether oxygens (including phenoxy) is 3. The van der Waals surface area contributed by atoms with Gasteiger partial charge < -0.3 is 19.5 Å². The van der Waals surface area contributed by atoms with Gasteiger partial charge in [0.2, 0.25) is 0 Å². The Morgan fingerprint density at radius 1 is 1.21 bits per heavy atom. The predicted molar refractivity (Wildman–Crippen MR) is 70.8 cm³/mol. The summed E-state index contributed by atoms with van der Waals surface area (Å²) < 4.78 is 14.8. The van der Waals surface area contributed by atoms with Gasteiger partial charge in [-0.2, -0.15) is 0 Å². The van der Waals surface area contributed by atoms with Crippen LogP contribution >= 0.6 is 0 Å². The van der Waals surface area contributed by atoms with Gasteiger partial charge in [0.25, 0.3) is 0 Å². The first kappa shape index (κ1) is 17.9. The number of carbonyl (C=O) groups is 2. The Kier molecular flexibility index (Phi) is 8.34. The Balaban J connectivity index is 4.20. The Morgan fingerprint density at radius 2 is 1.84 bits per heavy atom. The van der Waals surface area contributed by atoms with E-state index in [0.717, 1.165) is 0 Å². The molecule has 0 aliphatic carbocycles. The van der Waals surface area contributed by atoms with E-state index in [1.807, 2.05) is 6.92 Å². The number of rotatable bonds is 9. The lowest BCUT2D eigenvalue weighted by Gasteiger charge is -2.29. The molecule has 0 radical (unpaired) electrons. The van der Waals surface area contributed by atoms with Gasteiger partial charge in [-0.3, -0.25) is 9.59 Å². The van der Waals surface area contributed by atoms with Crippen molar-refractivity contribution in [3.8, 4) is 0 Å². The first-order valence-corrected chi connectivity index (χ1v) is 6.33. The molecule has 0 heterocycles. The second kappa shape index (κ2) is 8.87. The van der Waals surface area contributed by atoms with E-state index in [9.17, 15) is 9.59 Å². The van der Waals surface area contributed by atoms with Gasteiger partial charge in [0, 0.05) is 19.2 Å². The topological polar surface area (TPSA) is 73.9 Å². The van der Waals surface area contributed by atoms with Gasteiger partial charge in [0.05, 0.1) is 32.7 Å². The maximum Gasteiger partial charge on any atom is 0.307 e. The van der Waals surface area contributed by atoms with Crippen LogP contribution in [0.25, 0.3) is 0 Å². The molecule has 0 aromatic rings. The van der Waals surface area contributed by atoms with Crippen LogP contribution in [-0.2, 0) is 23.8 Å². The molecular weight excluding hydrogens is 250 g/mol. The van der Waals surface area contributed by atoms with Crippen LogP contribution in [0.15, 0.2) is 0 Å². The van der Waals surface area contributed by atoms with Crippen molar-refractivity contribution in [1.82, 2.24) is 5.32 Å². The fraction of sp³-hybridized carbons (Fsp3) is 0.846. The number of hydrogen-bond donors (Lipinski definition) is 1. The van der Waals surface area contributed by atoms with E-state index < -0.39 is 5.54 Å². The first-order valence-electron chi connectivity index (χ1n) is 6.33. The highest BCUT2D eigenvalue weighted by Gasteiger charge is 2.27. The van der Waals surface area contributed by atoms with Gasteiger partial charge in [-0.1, -0.05) is 0 Å². The van der Waals surface area contributed by atoms with E-state index in [1.165, 1.54) is 7.11 Å². The molecule has 0 aromatic heterocycles. The quantitative estimate of drug-likeness (QED) is 0.630. The third-order valence-electron chi connectivity index (χ3n) is 2.47. The third kappa shape index (κ3) is 8.56. The summed E-state index contributed by atoms with van der Waals surface area (Å²) in [6.07, 6.45) is 0.308. The lowest BCUT2D eigenvalue weighted by Crippen LogP contribution is -2.48. The number of hydrogen-bond acceptors (Lipinski definition) is 6. The number of carbonyl (C=O) groups excluding carboxylic acids is 2. The van der Waals surface area contributed by atoms with Crippen molar-refractivity contribution in [3.63, 3.8) is 0 Å². The summed E-state index contributed by atoms with van der Waals surface area (Å²) in [5.74, 6) is -0.586. The smallest absolute Gasteiger partial charge is 0.307 e. The molecule has 0 saturated carbocycles. The largest absolute Gasteiger partial charge is 0.469 e. The Morgan fingerprint density at radius 3 is 2.32 bits per heavy atom. The minimum atomic E-state index is -0.556. The highest BCUT2D eigenvalue weighted by Crippen LogP contribution is 2.11. The highest BCUT2D eigenvalue weighted by atomic mass is 16.5. The van der Waals surface area contributed by atoms with Crippen molar-refractivity contribution < 1.29 is 23.8 Å². The average molecular weight is 275 g/mol. The molecule has 6 heteroatoms. The van der Waals surface area contributed by atoms with Crippen molar-refractivity contribution in [2.24, 2.45) is 0 Å². The van der Waals surface area contributed by atoms with Crippen LogP contribution in [0.1, 0.15) is 33.6 Å². The predicted octanol–water partition coefficient (Wildman–Crippen LogP) is 0.886. The molecule has 0 fully saturated rings. The van der Waals surface area contributed by atoms with E-state index in [-0.39, 0.29) is 30.9 Å². The van der Waals surface area contributed by atoms with E-state index in [4.69, 9.17) is 9.47 Å². The molecule has 1 N–H and O–H groups in total. The number of esters is 2. The van der Waals surface area contributed by atoms with Gasteiger partial charge in [0.1, 0.15) is 0 Å². The zero-order valence-electron chi connectivity index (χ0n) is 12.4. The normalized spacial score (nSPS) is 14.0. The van der Waals surface area contributed by atoms with E-state index in [0.29, 0.717) is 13.2 Å². The van der Waals surface area contributed by atoms with Crippen molar-refractivity contribution in [1.29, 1.82) is 0 Å². The van der Waals surface area contributed by atoms with Crippen molar-refractivity contribution in [3.05, 3.63) is 0 Å². The summed E-state index contributed by atoms with van der Waals surface area (Å²) >= 11 is 0. The first-order chi connectivity index (χ1) is 8.83. The maximum absolute atomic E-state index is 11.4. The molecule has 0 spiro atoms. The van der Waals surface area contributed by atoms with Crippen LogP contribution in [0.4, 0.5) is 0 Å². The van der Waals surface area contributed by atoms with Gasteiger partial charge in [0.15, 0.2) is 0 Å². The van der Waals surface area contributed by atoms with Crippen LogP contribution in [0.2, 0.25) is 0 Å². The van der Waals surface area contributed by atoms with Crippen molar-refractivity contribution in [2.75, 3.05) is 27.4 Å². The number of methoxy groups -OCH3 is 2. The molecule has 0 saturated heterocycles. The molecule has 0 aliphatic rings. The second-order valence-electron chi connectivity index (χ2n) is 4.96. The summed E-state index contributed by atoms with van der Waals surface area (Å²) in [7, 11) is 2.90. The molecule has 0 aliphatic heterocycles. The van der Waals surface area contributed by atoms with Crippen LogP contribution in [0, 0.1) is 0 Å². The molecule has 0 bridgehead atoms.